The van der Waals surface area contributed by atoms with Gasteiger partial charge in [0.05, 0.1) is 24.0 Å². The molecule has 4 heterocycles. The van der Waals surface area contributed by atoms with Crippen molar-refractivity contribution < 1.29 is 17.9 Å². The first-order valence-electron chi connectivity index (χ1n) is 11.5. The van der Waals surface area contributed by atoms with E-state index in [-0.39, 0.29) is 6.04 Å². The number of nitrogens with two attached hydrogens (primary N) is 1. The van der Waals surface area contributed by atoms with E-state index in [1.165, 1.54) is 25.5 Å². The average Bonchev–Trinajstić information content (AvgIpc) is 3.31. The molecule has 0 amide bonds. The monoisotopic (exact) mass is 447 g/mol. The molecular formula is C23H28F3N5O. The first kappa shape index (κ1) is 20.5. The molecule has 6 nitrogen and oxygen atoms in total. The highest BCUT2D eigenvalue weighted by atomic mass is 19.4. The van der Waals surface area contributed by atoms with Crippen molar-refractivity contribution >= 4 is 5.82 Å². The number of halogens is 3. The lowest BCUT2D eigenvalue weighted by atomic mass is 10.0. The van der Waals surface area contributed by atoms with Crippen LogP contribution in [0, 0.1) is 11.8 Å². The number of ether oxygens (including phenoxy) is 1. The Bertz CT molecular complexity index is 1040. The second kappa shape index (κ2) is 6.93. The van der Waals surface area contributed by atoms with Crippen LogP contribution < -0.4 is 5.73 Å². The molecule has 0 radical (unpaired) electrons. The number of aromatic nitrogens is 3. The molecule has 32 heavy (non-hydrogen) atoms. The first-order chi connectivity index (χ1) is 15.2. The molecule has 2 aromatic heterocycles. The van der Waals surface area contributed by atoms with Crippen molar-refractivity contribution in [1.82, 2.24) is 19.7 Å². The smallest absolute Gasteiger partial charge is 0.383 e. The molecule has 2 N–H and O–H groups in total. The second-order valence-corrected chi connectivity index (χ2v) is 10.2. The minimum Gasteiger partial charge on any atom is -0.383 e. The van der Waals surface area contributed by atoms with Gasteiger partial charge in [0.2, 0.25) is 0 Å². The van der Waals surface area contributed by atoms with Gasteiger partial charge in [-0.05, 0) is 57.1 Å². The molecule has 2 saturated heterocycles. The summed E-state index contributed by atoms with van der Waals surface area (Å²) >= 11 is 0. The summed E-state index contributed by atoms with van der Waals surface area (Å²) in [6, 6.07) is 4.40. The molecule has 2 aliphatic heterocycles. The number of likely N-dealkylation sites (tertiary alicyclic amines) is 1. The van der Waals surface area contributed by atoms with Gasteiger partial charge >= 0.3 is 6.18 Å². The van der Waals surface area contributed by atoms with Crippen LogP contribution in [0.15, 0.2) is 18.3 Å². The number of hydrogen-bond acceptors (Lipinski definition) is 5. The Labute approximate surface area is 184 Å². The largest absolute Gasteiger partial charge is 0.419 e. The maximum atomic E-state index is 13.3. The second-order valence-electron chi connectivity index (χ2n) is 10.2. The Morgan fingerprint density at radius 1 is 1.12 bits per heavy atom. The summed E-state index contributed by atoms with van der Waals surface area (Å²) in [7, 11) is 0. The lowest BCUT2D eigenvalue weighted by molar-refractivity contribution is -0.137. The Hall–Kier alpha value is -2.13. The zero-order valence-corrected chi connectivity index (χ0v) is 18.2. The molecule has 2 aliphatic carbocycles. The fourth-order valence-electron chi connectivity index (χ4n) is 6.45. The molecule has 9 heteroatoms. The van der Waals surface area contributed by atoms with E-state index in [1.54, 1.807) is 0 Å². The van der Waals surface area contributed by atoms with Gasteiger partial charge in [0.15, 0.2) is 0 Å². The van der Waals surface area contributed by atoms with Gasteiger partial charge in [-0.3, -0.25) is 9.58 Å². The van der Waals surface area contributed by atoms with Gasteiger partial charge in [0, 0.05) is 48.0 Å². The fraction of sp³-hybridized carbons (Fsp3) is 0.652. The van der Waals surface area contributed by atoms with Crippen molar-refractivity contribution in [2.75, 3.05) is 18.9 Å². The van der Waals surface area contributed by atoms with Crippen LogP contribution in [0.4, 0.5) is 19.0 Å². The van der Waals surface area contributed by atoms with E-state index in [9.17, 15) is 13.2 Å². The van der Waals surface area contributed by atoms with Gasteiger partial charge in [-0.1, -0.05) is 0 Å². The third-order valence-corrected chi connectivity index (χ3v) is 7.95. The molecule has 172 valence electrons. The van der Waals surface area contributed by atoms with Crippen LogP contribution in [-0.4, -0.2) is 51.0 Å². The van der Waals surface area contributed by atoms with Crippen LogP contribution in [0.3, 0.4) is 0 Å². The zero-order valence-electron chi connectivity index (χ0n) is 18.2. The fourth-order valence-corrected chi connectivity index (χ4v) is 6.45. The van der Waals surface area contributed by atoms with Crippen LogP contribution >= 0.6 is 0 Å². The average molecular weight is 448 g/mol. The van der Waals surface area contributed by atoms with E-state index >= 15 is 0 Å². The lowest BCUT2D eigenvalue weighted by Crippen LogP contribution is -2.43. The molecule has 4 fully saturated rings. The van der Waals surface area contributed by atoms with Gasteiger partial charge in [-0.25, -0.2) is 4.98 Å². The summed E-state index contributed by atoms with van der Waals surface area (Å²) < 4.78 is 47.7. The number of alkyl halides is 3. The molecular weight excluding hydrogens is 419 g/mol. The van der Waals surface area contributed by atoms with Crippen LogP contribution in [0.5, 0.6) is 0 Å². The molecule has 0 spiro atoms. The highest BCUT2D eigenvalue weighted by Crippen LogP contribution is 2.64. The molecule has 0 aromatic carbocycles. The lowest BCUT2D eigenvalue weighted by Gasteiger charge is -2.33. The van der Waals surface area contributed by atoms with E-state index < -0.39 is 17.6 Å². The predicted molar refractivity (Wildman–Crippen MR) is 113 cm³/mol. The minimum absolute atomic E-state index is 0.131. The van der Waals surface area contributed by atoms with Crippen molar-refractivity contribution in [1.29, 1.82) is 0 Å². The quantitative estimate of drug-likeness (QED) is 0.765. The third kappa shape index (κ3) is 3.15. The van der Waals surface area contributed by atoms with E-state index in [1.807, 2.05) is 10.7 Å². The SMILES string of the molecule is CC(C)n1nc(-c2cnc(N)c(C(F)(F)F)c2)cc1[C@H]1[C@@H]2C[C@@H](N3C[C@@H]4C[C@H]3CO4)C[C@@H]21. The summed E-state index contributed by atoms with van der Waals surface area (Å²) in [6.45, 7) is 6.06. The highest BCUT2D eigenvalue weighted by Gasteiger charge is 2.60. The molecule has 6 rings (SSSR count). The maximum Gasteiger partial charge on any atom is 0.419 e. The van der Waals surface area contributed by atoms with Gasteiger partial charge in [0.25, 0.3) is 0 Å². The van der Waals surface area contributed by atoms with E-state index in [4.69, 9.17) is 15.6 Å². The number of nitrogens with zero attached hydrogens (tertiary/aromatic N) is 4. The van der Waals surface area contributed by atoms with Crippen molar-refractivity contribution in [2.24, 2.45) is 11.8 Å². The number of pyridine rings is 1. The van der Waals surface area contributed by atoms with Crippen molar-refractivity contribution in [2.45, 2.75) is 69.4 Å². The number of nitrogen functional groups attached to an aromatic ring is 1. The zero-order chi connectivity index (χ0) is 22.4. The topological polar surface area (TPSA) is 69.2 Å². The molecule has 0 unspecified atom stereocenters. The number of rotatable bonds is 4. The highest BCUT2D eigenvalue weighted by molar-refractivity contribution is 5.63. The predicted octanol–water partition coefficient (Wildman–Crippen LogP) is 4.09. The molecule has 2 bridgehead atoms. The summed E-state index contributed by atoms with van der Waals surface area (Å²) in [5.74, 6) is 1.21. The summed E-state index contributed by atoms with van der Waals surface area (Å²) in [4.78, 5) is 6.46. The van der Waals surface area contributed by atoms with Crippen LogP contribution in [0.2, 0.25) is 0 Å². The number of anilines is 1. The maximum absolute atomic E-state index is 13.3. The van der Waals surface area contributed by atoms with E-state index in [2.05, 4.69) is 23.7 Å². The van der Waals surface area contributed by atoms with Crippen LogP contribution in [0.1, 0.15) is 56.3 Å². The Kier molecular flexibility index (Phi) is 4.44. The molecule has 6 atom stereocenters. The van der Waals surface area contributed by atoms with Crippen molar-refractivity contribution in [3.05, 3.63) is 29.6 Å². The Morgan fingerprint density at radius 2 is 1.88 bits per heavy atom. The summed E-state index contributed by atoms with van der Waals surface area (Å²) in [5, 5.41) is 4.69. The molecule has 4 aliphatic rings. The van der Waals surface area contributed by atoms with E-state index in [0.29, 0.717) is 47.2 Å². The Balaban J connectivity index is 1.24. The first-order valence-corrected chi connectivity index (χ1v) is 11.5. The molecule has 2 aromatic rings. The van der Waals surface area contributed by atoms with Gasteiger partial charge in [0.1, 0.15) is 5.82 Å². The van der Waals surface area contributed by atoms with Gasteiger partial charge in [-0.15, -0.1) is 0 Å². The van der Waals surface area contributed by atoms with Crippen LogP contribution in [-0.2, 0) is 10.9 Å². The summed E-state index contributed by atoms with van der Waals surface area (Å²) in [6.07, 6.45) is 0.827. The van der Waals surface area contributed by atoms with Gasteiger partial charge in [-0.2, -0.15) is 18.3 Å². The number of morpholine rings is 1. The number of fused-ring (bicyclic) bond motifs is 3. The van der Waals surface area contributed by atoms with Crippen LogP contribution in [0.25, 0.3) is 11.3 Å². The Morgan fingerprint density at radius 3 is 2.47 bits per heavy atom. The summed E-state index contributed by atoms with van der Waals surface area (Å²) in [5.41, 5.74) is 6.58. The van der Waals surface area contributed by atoms with Crippen molar-refractivity contribution in [3.63, 3.8) is 0 Å². The van der Waals surface area contributed by atoms with E-state index in [0.717, 1.165) is 24.9 Å². The number of hydrogen-bond donors (Lipinski definition) is 1. The third-order valence-electron chi connectivity index (χ3n) is 7.95. The standard InChI is InChI=1S/C23H28F3N5O/c1-11(2)31-20(7-19(29-31)12-3-18(23(24,25)26)22(27)28-8-12)21-16-5-13(6-17(16)21)30-9-15-4-14(30)10-32-15/h3,7-8,11,13-17,21H,4-6,9-10H2,1-2H3,(H2,27,28)/t13-,14-,15-,16-,17+,21+/m0/s1. The van der Waals surface area contributed by atoms with Crippen molar-refractivity contribution in [3.8, 4) is 11.3 Å². The van der Waals surface area contributed by atoms with Gasteiger partial charge < -0.3 is 10.5 Å². The normalized spacial score (nSPS) is 33.9. The molecule has 2 saturated carbocycles. The minimum atomic E-state index is -4.54.